The van der Waals surface area contributed by atoms with E-state index in [2.05, 4.69) is 38.3 Å². The first-order chi connectivity index (χ1) is 14.1. The number of hydrogen-bond acceptors (Lipinski definition) is 2. The van der Waals surface area contributed by atoms with Crippen LogP contribution in [0.3, 0.4) is 0 Å². The van der Waals surface area contributed by atoms with Crippen molar-refractivity contribution in [2.75, 3.05) is 10.6 Å². The van der Waals surface area contributed by atoms with Crippen molar-refractivity contribution in [1.82, 2.24) is 0 Å². The minimum Gasteiger partial charge on any atom is -0.326 e. The molecule has 4 heteroatoms. The first kappa shape index (κ1) is 20.4. The van der Waals surface area contributed by atoms with E-state index >= 15 is 0 Å². The molecule has 2 aromatic carbocycles. The molecule has 0 aromatic heterocycles. The third-order valence-corrected chi connectivity index (χ3v) is 6.48. The van der Waals surface area contributed by atoms with Crippen molar-refractivity contribution in [3.63, 3.8) is 0 Å². The van der Waals surface area contributed by atoms with Crippen LogP contribution in [-0.2, 0) is 9.59 Å². The Balaban J connectivity index is 1.30. The van der Waals surface area contributed by atoms with E-state index < -0.39 is 0 Å². The van der Waals surface area contributed by atoms with Gasteiger partial charge in [-0.3, -0.25) is 9.59 Å². The predicted molar refractivity (Wildman–Crippen MR) is 123 cm³/mol. The summed E-state index contributed by atoms with van der Waals surface area (Å²) in [6.07, 6.45) is 5.99. The van der Waals surface area contributed by atoms with E-state index in [4.69, 9.17) is 0 Å². The van der Waals surface area contributed by atoms with Gasteiger partial charge in [-0.15, -0.1) is 0 Å². The van der Waals surface area contributed by atoms with Gasteiger partial charge in [-0.2, -0.15) is 0 Å². The zero-order valence-electron chi connectivity index (χ0n) is 18.2. The lowest BCUT2D eigenvalue weighted by Crippen LogP contribution is -2.16. The van der Waals surface area contributed by atoms with Crippen LogP contribution in [-0.4, -0.2) is 11.8 Å². The van der Waals surface area contributed by atoms with Gasteiger partial charge in [0.2, 0.25) is 11.8 Å². The quantitative estimate of drug-likeness (QED) is 0.598. The molecule has 2 aliphatic rings. The molecule has 0 heterocycles. The van der Waals surface area contributed by atoms with Gasteiger partial charge in [0.25, 0.3) is 0 Å². The second-order valence-corrected chi connectivity index (χ2v) is 10.0. The zero-order valence-corrected chi connectivity index (χ0v) is 18.2. The fourth-order valence-electron chi connectivity index (χ4n) is 3.84. The SMILES string of the molecule is CC1(C)CC1C(=O)Nc1ccc(C=Cc2ccc(NC(=O)C3CC3(C)C)cc2)cc1. The lowest BCUT2D eigenvalue weighted by molar-refractivity contribution is -0.118. The molecule has 0 bridgehead atoms. The van der Waals surface area contributed by atoms with Crippen molar-refractivity contribution in [1.29, 1.82) is 0 Å². The average Bonchev–Trinajstić information content (AvgIpc) is 3.55. The molecular weight excluding hydrogens is 372 g/mol. The van der Waals surface area contributed by atoms with Crippen LogP contribution in [0.25, 0.3) is 12.2 Å². The van der Waals surface area contributed by atoms with Crippen molar-refractivity contribution < 1.29 is 9.59 Å². The molecular formula is C26H30N2O2. The van der Waals surface area contributed by atoms with Gasteiger partial charge >= 0.3 is 0 Å². The Kier molecular flexibility index (Phi) is 5.05. The van der Waals surface area contributed by atoms with Crippen LogP contribution in [0.1, 0.15) is 51.7 Å². The van der Waals surface area contributed by atoms with Crippen LogP contribution in [0.5, 0.6) is 0 Å². The highest BCUT2D eigenvalue weighted by molar-refractivity contribution is 5.95. The summed E-state index contributed by atoms with van der Waals surface area (Å²) in [4.78, 5) is 24.4. The minimum absolute atomic E-state index is 0.112. The fraction of sp³-hybridized carbons (Fsp3) is 0.385. The summed E-state index contributed by atoms with van der Waals surface area (Å²) in [6.45, 7) is 8.50. The van der Waals surface area contributed by atoms with E-state index in [1.807, 2.05) is 60.7 Å². The normalized spacial score (nSPS) is 23.1. The van der Waals surface area contributed by atoms with E-state index in [0.29, 0.717) is 0 Å². The van der Waals surface area contributed by atoms with E-state index in [0.717, 1.165) is 35.3 Å². The van der Waals surface area contributed by atoms with Gasteiger partial charge in [0, 0.05) is 23.2 Å². The second-order valence-electron chi connectivity index (χ2n) is 10.0. The number of benzene rings is 2. The van der Waals surface area contributed by atoms with Crippen molar-refractivity contribution in [2.45, 2.75) is 40.5 Å². The third kappa shape index (κ3) is 4.64. The first-order valence-corrected chi connectivity index (χ1v) is 10.6. The summed E-state index contributed by atoms with van der Waals surface area (Å²) >= 11 is 0. The molecule has 0 radical (unpaired) electrons. The molecule has 2 N–H and O–H groups in total. The van der Waals surface area contributed by atoms with Gasteiger partial charge < -0.3 is 10.6 Å². The Bertz CT molecular complexity index is 903. The molecule has 0 spiro atoms. The van der Waals surface area contributed by atoms with Gasteiger partial charge in [-0.1, -0.05) is 64.1 Å². The molecule has 0 saturated heterocycles. The third-order valence-electron chi connectivity index (χ3n) is 6.48. The standard InChI is InChI=1S/C26H30N2O2/c1-25(2)15-21(25)23(29)27-19-11-7-17(8-12-19)5-6-18-9-13-20(14-10-18)28-24(30)22-16-26(22,3)4/h5-14,21-22H,15-16H2,1-4H3,(H,27,29)(H,28,30). The maximum Gasteiger partial charge on any atom is 0.228 e. The van der Waals surface area contributed by atoms with Crippen molar-refractivity contribution in [3.05, 3.63) is 59.7 Å². The highest BCUT2D eigenvalue weighted by Crippen LogP contribution is 2.52. The van der Waals surface area contributed by atoms with E-state index in [1.54, 1.807) is 0 Å². The molecule has 0 aliphatic heterocycles. The molecule has 2 aliphatic carbocycles. The molecule has 2 amide bonds. The molecule has 4 nitrogen and oxygen atoms in total. The molecule has 156 valence electrons. The summed E-state index contributed by atoms with van der Waals surface area (Å²) in [6, 6.07) is 15.7. The maximum atomic E-state index is 12.2. The zero-order chi connectivity index (χ0) is 21.5. The molecule has 2 atom stereocenters. The molecule has 2 unspecified atom stereocenters. The number of rotatable bonds is 6. The van der Waals surface area contributed by atoms with Crippen LogP contribution in [0, 0.1) is 22.7 Å². The number of carbonyl (C=O) groups is 2. The van der Waals surface area contributed by atoms with Gasteiger partial charge in [-0.25, -0.2) is 0 Å². The van der Waals surface area contributed by atoms with Crippen LogP contribution < -0.4 is 10.6 Å². The van der Waals surface area contributed by atoms with Crippen molar-refractivity contribution >= 4 is 35.3 Å². The molecule has 4 rings (SSSR count). The molecule has 2 fully saturated rings. The van der Waals surface area contributed by atoms with Gasteiger partial charge in [0.15, 0.2) is 0 Å². The Morgan fingerprint density at radius 2 is 1.00 bits per heavy atom. The van der Waals surface area contributed by atoms with E-state index in [-0.39, 0.29) is 34.5 Å². The number of nitrogens with one attached hydrogen (secondary N) is 2. The Labute approximate surface area is 178 Å². The number of hydrogen-bond donors (Lipinski definition) is 2. The summed E-state index contributed by atoms with van der Waals surface area (Å²) in [5.74, 6) is 0.475. The highest BCUT2D eigenvalue weighted by atomic mass is 16.2. The maximum absolute atomic E-state index is 12.2. The lowest BCUT2D eigenvalue weighted by Gasteiger charge is -2.07. The van der Waals surface area contributed by atoms with E-state index in [9.17, 15) is 9.59 Å². The number of amides is 2. The van der Waals surface area contributed by atoms with Gasteiger partial charge in [0.05, 0.1) is 0 Å². The highest BCUT2D eigenvalue weighted by Gasteiger charge is 2.51. The summed E-state index contributed by atoms with van der Waals surface area (Å²) < 4.78 is 0. The molecule has 2 aromatic rings. The van der Waals surface area contributed by atoms with Gasteiger partial charge in [-0.05, 0) is 59.1 Å². The minimum atomic E-state index is 0.112. The Morgan fingerprint density at radius 3 is 1.27 bits per heavy atom. The van der Waals surface area contributed by atoms with E-state index in [1.165, 1.54) is 0 Å². The second kappa shape index (κ2) is 7.42. The lowest BCUT2D eigenvalue weighted by atomic mass is 10.1. The number of carbonyl (C=O) groups excluding carboxylic acids is 2. The van der Waals surface area contributed by atoms with Crippen LogP contribution in [0.15, 0.2) is 48.5 Å². The monoisotopic (exact) mass is 402 g/mol. The Morgan fingerprint density at radius 1 is 0.700 bits per heavy atom. The topological polar surface area (TPSA) is 58.2 Å². The Hall–Kier alpha value is -2.88. The van der Waals surface area contributed by atoms with Crippen LogP contribution in [0.2, 0.25) is 0 Å². The fourth-order valence-corrected chi connectivity index (χ4v) is 3.84. The van der Waals surface area contributed by atoms with Crippen LogP contribution in [0.4, 0.5) is 11.4 Å². The first-order valence-electron chi connectivity index (χ1n) is 10.6. The van der Waals surface area contributed by atoms with Crippen LogP contribution >= 0.6 is 0 Å². The summed E-state index contributed by atoms with van der Waals surface area (Å²) in [5, 5.41) is 6.00. The largest absolute Gasteiger partial charge is 0.326 e. The summed E-state index contributed by atoms with van der Waals surface area (Å²) in [7, 11) is 0. The average molecular weight is 403 g/mol. The van der Waals surface area contributed by atoms with Crippen molar-refractivity contribution in [2.24, 2.45) is 22.7 Å². The molecule has 2 saturated carbocycles. The predicted octanol–water partition coefficient (Wildman–Crippen LogP) is 5.83. The van der Waals surface area contributed by atoms with Crippen molar-refractivity contribution in [3.8, 4) is 0 Å². The smallest absolute Gasteiger partial charge is 0.228 e. The number of anilines is 2. The summed E-state index contributed by atoms with van der Waals surface area (Å²) in [5.41, 5.74) is 4.07. The van der Waals surface area contributed by atoms with Gasteiger partial charge in [0.1, 0.15) is 0 Å². The molecule has 30 heavy (non-hydrogen) atoms.